The highest BCUT2D eigenvalue weighted by atomic mass is 16.6. The van der Waals surface area contributed by atoms with Crippen LogP contribution in [0.2, 0.25) is 0 Å². The molecule has 1 aliphatic carbocycles. The lowest BCUT2D eigenvalue weighted by atomic mass is 10.1. The molecular formula is C13H18N4O3. The summed E-state index contributed by atoms with van der Waals surface area (Å²) in [6.07, 6.45) is 4.35. The number of rotatable bonds is 4. The molecule has 2 unspecified atom stereocenters. The van der Waals surface area contributed by atoms with Gasteiger partial charge in [-0.1, -0.05) is 13.3 Å². The van der Waals surface area contributed by atoms with E-state index in [0.717, 1.165) is 19.0 Å². The van der Waals surface area contributed by atoms with Gasteiger partial charge in [0, 0.05) is 6.54 Å². The normalized spacial score (nSPS) is 21.6. The van der Waals surface area contributed by atoms with Gasteiger partial charge in [0.1, 0.15) is 17.6 Å². The highest BCUT2D eigenvalue weighted by Gasteiger charge is 2.24. The van der Waals surface area contributed by atoms with Gasteiger partial charge in [-0.25, -0.2) is 4.98 Å². The summed E-state index contributed by atoms with van der Waals surface area (Å²) in [6.45, 7) is 2.73. The molecule has 2 rings (SSSR count). The van der Waals surface area contributed by atoms with Crippen LogP contribution in [0.3, 0.4) is 0 Å². The maximum absolute atomic E-state index is 12.1. The van der Waals surface area contributed by atoms with E-state index in [9.17, 15) is 14.9 Å². The second kappa shape index (κ2) is 5.85. The summed E-state index contributed by atoms with van der Waals surface area (Å²) in [5.41, 5.74) is 5.13. The van der Waals surface area contributed by atoms with Crippen molar-refractivity contribution in [3.8, 4) is 0 Å². The molecule has 0 bridgehead atoms. The summed E-state index contributed by atoms with van der Waals surface area (Å²) in [4.78, 5) is 26.0. The van der Waals surface area contributed by atoms with E-state index in [4.69, 9.17) is 5.73 Å². The molecule has 1 aromatic heterocycles. The molecule has 7 heteroatoms. The smallest absolute Gasteiger partial charge is 0.300 e. The summed E-state index contributed by atoms with van der Waals surface area (Å²) >= 11 is 0. The molecule has 0 saturated heterocycles. The molecule has 1 fully saturated rings. The molecule has 2 atom stereocenters. The van der Waals surface area contributed by atoms with Crippen LogP contribution in [0.4, 0.5) is 11.5 Å². The van der Waals surface area contributed by atoms with Gasteiger partial charge in [0.25, 0.3) is 11.6 Å². The van der Waals surface area contributed by atoms with Crippen LogP contribution in [0.25, 0.3) is 0 Å². The standard InChI is InChI=1S/C13H18N4O3/c1-8-2-3-9(4-8)6-16-13(18)10-5-12(14)15-7-11(10)17(19)20/h5,7-9H,2-4,6H2,1H3,(H2,14,15)(H,16,18). The van der Waals surface area contributed by atoms with Gasteiger partial charge in [-0.05, 0) is 30.7 Å². The number of anilines is 1. The zero-order chi connectivity index (χ0) is 14.7. The molecule has 3 N–H and O–H groups in total. The van der Waals surface area contributed by atoms with Gasteiger partial charge in [-0.3, -0.25) is 14.9 Å². The average Bonchev–Trinajstić information content (AvgIpc) is 2.81. The molecule has 1 aliphatic rings. The molecule has 0 aliphatic heterocycles. The van der Waals surface area contributed by atoms with Crippen LogP contribution in [0.1, 0.15) is 36.5 Å². The Morgan fingerprint density at radius 1 is 1.60 bits per heavy atom. The minimum absolute atomic E-state index is 0.0338. The molecule has 0 radical (unpaired) electrons. The lowest BCUT2D eigenvalue weighted by molar-refractivity contribution is -0.385. The first-order valence-electron chi connectivity index (χ1n) is 6.65. The number of hydrogen-bond donors (Lipinski definition) is 2. The van der Waals surface area contributed by atoms with Crippen LogP contribution in [0.5, 0.6) is 0 Å². The number of carbonyl (C=O) groups is 1. The molecule has 108 valence electrons. The highest BCUT2D eigenvalue weighted by Crippen LogP contribution is 2.29. The Hall–Kier alpha value is -2.18. The second-order valence-corrected chi connectivity index (χ2v) is 5.38. The fraction of sp³-hybridized carbons (Fsp3) is 0.538. The number of nitrogens with one attached hydrogen (secondary N) is 1. The van der Waals surface area contributed by atoms with Gasteiger partial charge < -0.3 is 11.1 Å². The summed E-state index contributed by atoms with van der Waals surface area (Å²) < 4.78 is 0. The second-order valence-electron chi connectivity index (χ2n) is 5.38. The molecule has 1 heterocycles. The van der Waals surface area contributed by atoms with E-state index in [1.807, 2.05) is 0 Å². The van der Waals surface area contributed by atoms with Gasteiger partial charge in [0.05, 0.1) is 4.92 Å². The lowest BCUT2D eigenvalue weighted by Crippen LogP contribution is -2.29. The number of amides is 1. The van der Waals surface area contributed by atoms with Crippen molar-refractivity contribution in [2.75, 3.05) is 12.3 Å². The van der Waals surface area contributed by atoms with Crippen molar-refractivity contribution < 1.29 is 9.72 Å². The predicted molar refractivity (Wildman–Crippen MR) is 74.1 cm³/mol. The number of aromatic nitrogens is 1. The zero-order valence-electron chi connectivity index (χ0n) is 11.3. The Bertz CT molecular complexity index is 532. The molecule has 0 spiro atoms. The molecule has 0 aromatic carbocycles. The van der Waals surface area contributed by atoms with Crippen LogP contribution in [-0.2, 0) is 0 Å². The molecule has 1 saturated carbocycles. The third-order valence-electron chi connectivity index (χ3n) is 3.70. The number of carbonyl (C=O) groups excluding carboxylic acids is 1. The van der Waals surface area contributed by atoms with E-state index >= 15 is 0 Å². The van der Waals surface area contributed by atoms with E-state index in [-0.39, 0.29) is 17.1 Å². The summed E-state index contributed by atoms with van der Waals surface area (Å²) in [6, 6.07) is 1.24. The Kier molecular flexibility index (Phi) is 4.16. The molecule has 7 nitrogen and oxygen atoms in total. The van der Waals surface area contributed by atoms with Gasteiger partial charge >= 0.3 is 0 Å². The van der Waals surface area contributed by atoms with E-state index < -0.39 is 10.8 Å². The summed E-state index contributed by atoms with van der Waals surface area (Å²) in [5.74, 6) is 0.760. The number of nitrogens with two attached hydrogens (primary N) is 1. The van der Waals surface area contributed by atoms with Crippen molar-refractivity contribution in [1.29, 1.82) is 0 Å². The van der Waals surface area contributed by atoms with Crippen LogP contribution < -0.4 is 11.1 Å². The Morgan fingerprint density at radius 3 is 2.95 bits per heavy atom. The summed E-state index contributed by atoms with van der Waals surface area (Å²) in [5, 5.41) is 13.6. The third kappa shape index (κ3) is 3.23. The topological polar surface area (TPSA) is 111 Å². The predicted octanol–water partition coefficient (Wildman–Crippen LogP) is 1.74. The minimum Gasteiger partial charge on any atom is -0.384 e. The minimum atomic E-state index is -0.626. The van der Waals surface area contributed by atoms with Crippen molar-refractivity contribution in [2.45, 2.75) is 26.2 Å². The number of pyridine rings is 1. The van der Waals surface area contributed by atoms with Crippen molar-refractivity contribution >= 4 is 17.4 Å². The SMILES string of the molecule is CC1CCC(CNC(=O)c2cc(N)ncc2[N+](=O)[O-])C1. The first-order chi connectivity index (χ1) is 9.47. The molecule has 20 heavy (non-hydrogen) atoms. The third-order valence-corrected chi connectivity index (χ3v) is 3.70. The van der Waals surface area contributed by atoms with Crippen molar-refractivity contribution in [2.24, 2.45) is 11.8 Å². The van der Waals surface area contributed by atoms with E-state index in [1.54, 1.807) is 0 Å². The number of hydrogen-bond acceptors (Lipinski definition) is 5. The van der Waals surface area contributed by atoms with Crippen LogP contribution in [-0.4, -0.2) is 22.4 Å². The monoisotopic (exact) mass is 278 g/mol. The fourth-order valence-corrected chi connectivity index (χ4v) is 2.63. The Labute approximate surface area is 116 Å². The van der Waals surface area contributed by atoms with E-state index in [1.165, 1.54) is 12.5 Å². The molecule has 1 amide bonds. The van der Waals surface area contributed by atoms with Gasteiger partial charge in [-0.2, -0.15) is 0 Å². The van der Waals surface area contributed by atoms with Crippen LogP contribution >= 0.6 is 0 Å². The Morgan fingerprint density at radius 2 is 2.35 bits per heavy atom. The average molecular weight is 278 g/mol. The number of nitrogen functional groups attached to an aromatic ring is 1. The van der Waals surface area contributed by atoms with E-state index in [0.29, 0.717) is 18.4 Å². The number of nitro groups is 1. The molecule has 1 aromatic rings. The maximum atomic E-state index is 12.1. The van der Waals surface area contributed by atoms with Crippen molar-refractivity contribution in [3.63, 3.8) is 0 Å². The van der Waals surface area contributed by atoms with E-state index in [2.05, 4.69) is 17.2 Å². The highest BCUT2D eigenvalue weighted by molar-refractivity contribution is 5.98. The number of nitrogens with zero attached hydrogens (tertiary/aromatic N) is 2. The van der Waals surface area contributed by atoms with Crippen LogP contribution in [0, 0.1) is 22.0 Å². The van der Waals surface area contributed by atoms with Crippen LogP contribution in [0.15, 0.2) is 12.3 Å². The quantitative estimate of drug-likeness (QED) is 0.643. The summed E-state index contributed by atoms with van der Waals surface area (Å²) in [7, 11) is 0. The van der Waals surface area contributed by atoms with Gasteiger partial charge in [0.15, 0.2) is 0 Å². The van der Waals surface area contributed by atoms with Gasteiger partial charge in [-0.15, -0.1) is 0 Å². The lowest BCUT2D eigenvalue weighted by Gasteiger charge is -2.11. The first kappa shape index (κ1) is 14.2. The Balaban J connectivity index is 2.05. The fourth-order valence-electron chi connectivity index (χ4n) is 2.63. The first-order valence-corrected chi connectivity index (χ1v) is 6.65. The van der Waals surface area contributed by atoms with Crippen molar-refractivity contribution in [1.82, 2.24) is 10.3 Å². The van der Waals surface area contributed by atoms with Crippen molar-refractivity contribution in [3.05, 3.63) is 27.9 Å². The maximum Gasteiger partial charge on any atom is 0.300 e. The van der Waals surface area contributed by atoms with Gasteiger partial charge in [0.2, 0.25) is 0 Å². The molecular weight excluding hydrogens is 260 g/mol. The largest absolute Gasteiger partial charge is 0.384 e. The zero-order valence-corrected chi connectivity index (χ0v) is 11.3.